The van der Waals surface area contributed by atoms with E-state index in [9.17, 15) is 9.59 Å². The molecule has 0 bridgehead atoms. The summed E-state index contributed by atoms with van der Waals surface area (Å²) in [6.45, 7) is 8.55. The fourth-order valence-electron chi connectivity index (χ4n) is 3.80. The lowest BCUT2D eigenvalue weighted by Gasteiger charge is -2.28. The van der Waals surface area contributed by atoms with Crippen molar-refractivity contribution >= 4 is 23.2 Å². The van der Waals surface area contributed by atoms with E-state index in [1.165, 1.54) is 17.7 Å². The Labute approximate surface area is 177 Å². The fourth-order valence-corrected chi connectivity index (χ4v) is 4.66. The molecule has 0 saturated carbocycles. The highest BCUT2D eigenvalue weighted by atomic mass is 32.1. The Bertz CT molecular complexity index is 813. The molecule has 29 heavy (non-hydrogen) atoms. The minimum Gasteiger partial charge on any atom is -0.352 e. The smallest absolute Gasteiger partial charge is 0.251 e. The van der Waals surface area contributed by atoms with Crippen LogP contribution in [0.4, 0.5) is 0 Å². The zero-order valence-electron chi connectivity index (χ0n) is 17.5. The third kappa shape index (κ3) is 5.67. The molecule has 1 aliphatic heterocycles. The molecule has 2 atom stereocenters. The zero-order valence-corrected chi connectivity index (χ0v) is 18.3. The minimum absolute atomic E-state index is 0.00395. The summed E-state index contributed by atoms with van der Waals surface area (Å²) >= 11 is 1.73. The number of aryl methyl sites for hydroxylation is 1. The van der Waals surface area contributed by atoms with Crippen molar-refractivity contribution in [2.75, 3.05) is 19.6 Å². The maximum atomic E-state index is 13.0. The van der Waals surface area contributed by atoms with E-state index in [1.807, 2.05) is 39.0 Å². The summed E-state index contributed by atoms with van der Waals surface area (Å²) in [5, 5.41) is 8.12. The average molecular weight is 414 g/mol. The molecule has 5 nitrogen and oxygen atoms in total. The molecule has 0 aliphatic carbocycles. The van der Waals surface area contributed by atoms with Gasteiger partial charge >= 0.3 is 0 Å². The van der Waals surface area contributed by atoms with Crippen molar-refractivity contribution in [1.29, 1.82) is 0 Å². The molecule has 2 N–H and O–H groups in total. The number of rotatable bonds is 8. The van der Waals surface area contributed by atoms with Gasteiger partial charge in [0.15, 0.2) is 0 Å². The van der Waals surface area contributed by atoms with E-state index in [2.05, 4.69) is 33.0 Å². The first-order chi connectivity index (χ1) is 14.0. The van der Waals surface area contributed by atoms with Crippen LogP contribution < -0.4 is 10.6 Å². The van der Waals surface area contributed by atoms with Crippen LogP contribution in [0.2, 0.25) is 0 Å². The minimum atomic E-state index is -0.564. The fraction of sp³-hybridized carbons (Fsp3) is 0.478. The summed E-state index contributed by atoms with van der Waals surface area (Å²) in [5.74, 6) is -0.339. The van der Waals surface area contributed by atoms with Crippen molar-refractivity contribution in [3.63, 3.8) is 0 Å². The van der Waals surface area contributed by atoms with Gasteiger partial charge in [-0.15, -0.1) is 11.3 Å². The predicted octanol–water partition coefficient (Wildman–Crippen LogP) is 3.76. The highest BCUT2D eigenvalue weighted by Gasteiger charge is 2.28. The Morgan fingerprint density at radius 2 is 1.90 bits per heavy atom. The van der Waals surface area contributed by atoms with Crippen molar-refractivity contribution < 1.29 is 9.59 Å². The van der Waals surface area contributed by atoms with E-state index >= 15 is 0 Å². The maximum absolute atomic E-state index is 13.0. The van der Waals surface area contributed by atoms with Gasteiger partial charge in [-0.2, -0.15) is 0 Å². The van der Waals surface area contributed by atoms with Crippen molar-refractivity contribution in [3.05, 3.63) is 57.8 Å². The van der Waals surface area contributed by atoms with E-state index in [-0.39, 0.29) is 23.8 Å². The monoisotopic (exact) mass is 413 g/mol. The van der Waals surface area contributed by atoms with Crippen LogP contribution in [0.3, 0.4) is 0 Å². The topological polar surface area (TPSA) is 61.4 Å². The molecular formula is C23H31N3O2S. The molecule has 156 valence electrons. The molecule has 2 aromatic rings. The van der Waals surface area contributed by atoms with Crippen LogP contribution in [0.5, 0.6) is 0 Å². The molecule has 1 fully saturated rings. The van der Waals surface area contributed by atoms with Gasteiger partial charge in [0.25, 0.3) is 5.91 Å². The predicted molar refractivity (Wildman–Crippen MR) is 118 cm³/mol. The van der Waals surface area contributed by atoms with E-state index in [0.29, 0.717) is 12.1 Å². The molecule has 0 spiro atoms. The molecule has 1 aliphatic rings. The lowest BCUT2D eigenvalue weighted by atomic mass is 10.0. The van der Waals surface area contributed by atoms with Gasteiger partial charge in [-0.1, -0.05) is 37.6 Å². The number of amides is 2. The maximum Gasteiger partial charge on any atom is 0.251 e. The van der Waals surface area contributed by atoms with Gasteiger partial charge < -0.3 is 10.6 Å². The van der Waals surface area contributed by atoms with Crippen molar-refractivity contribution in [1.82, 2.24) is 15.5 Å². The number of carbonyl (C=O) groups is 2. The molecule has 0 radical (unpaired) electrons. The standard InChI is InChI=1S/C23H31N3O2S/c1-16(2)21(25-22(27)18-9-6-8-17(3)14-18)23(28)24-15-19(20-10-7-13-29-20)26-11-4-5-12-26/h6-10,13-14,16,19,21H,4-5,11-12,15H2,1-3H3,(H,24,28)(H,25,27). The van der Waals surface area contributed by atoms with Crippen LogP contribution >= 0.6 is 11.3 Å². The SMILES string of the molecule is Cc1cccc(C(=O)NC(C(=O)NCC(c2cccs2)N2CCCC2)C(C)C)c1. The third-order valence-corrected chi connectivity index (χ3v) is 6.41. The van der Waals surface area contributed by atoms with Gasteiger partial charge in [-0.25, -0.2) is 0 Å². The number of likely N-dealkylation sites (tertiary alicyclic amines) is 1. The molecule has 2 amide bonds. The largest absolute Gasteiger partial charge is 0.352 e. The van der Waals surface area contributed by atoms with Crippen LogP contribution in [-0.4, -0.2) is 42.4 Å². The first-order valence-corrected chi connectivity index (χ1v) is 11.3. The normalized spacial score (nSPS) is 16.6. The molecule has 1 saturated heterocycles. The van der Waals surface area contributed by atoms with Gasteiger partial charge in [0.2, 0.25) is 5.91 Å². The highest BCUT2D eigenvalue weighted by Crippen LogP contribution is 2.27. The highest BCUT2D eigenvalue weighted by molar-refractivity contribution is 7.10. The lowest BCUT2D eigenvalue weighted by Crippen LogP contribution is -2.51. The van der Waals surface area contributed by atoms with Crippen LogP contribution in [0.25, 0.3) is 0 Å². The van der Waals surface area contributed by atoms with Crippen LogP contribution in [0.15, 0.2) is 41.8 Å². The van der Waals surface area contributed by atoms with Gasteiger partial charge in [0, 0.05) is 17.0 Å². The average Bonchev–Trinajstić information content (AvgIpc) is 3.40. The second-order valence-electron chi connectivity index (χ2n) is 8.08. The summed E-state index contributed by atoms with van der Waals surface area (Å²) in [7, 11) is 0. The van der Waals surface area contributed by atoms with Gasteiger partial charge in [-0.05, 0) is 62.4 Å². The van der Waals surface area contributed by atoms with Gasteiger partial charge in [-0.3, -0.25) is 14.5 Å². The molecule has 2 heterocycles. The second-order valence-corrected chi connectivity index (χ2v) is 9.06. The molecule has 1 aromatic heterocycles. The van der Waals surface area contributed by atoms with Crippen molar-refractivity contribution in [2.45, 2.75) is 45.7 Å². The number of nitrogens with one attached hydrogen (secondary N) is 2. The second kappa shape index (κ2) is 10.0. The van der Waals surface area contributed by atoms with Crippen LogP contribution in [0.1, 0.15) is 53.5 Å². The van der Waals surface area contributed by atoms with Crippen LogP contribution in [0, 0.1) is 12.8 Å². The molecule has 3 rings (SSSR count). The van der Waals surface area contributed by atoms with Crippen LogP contribution in [-0.2, 0) is 4.79 Å². The molecule has 2 unspecified atom stereocenters. The molecule has 6 heteroatoms. The molecule has 1 aromatic carbocycles. The van der Waals surface area contributed by atoms with E-state index in [1.54, 1.807) is 17.4 Å². The Balaban J connectivity index is 1.64. The van der Waals surface area contributed by atoms with Crippen molar-refractivity contribution in [2.24, 2.45) is 5.92 Å². The number of thiophene rings is 1. The lowest BCUT2D eigenvalue weighted by molar-refractivity contribution is -0.124. The van der Waals surface area contributed by atoms with Gasteiger partial charge in [0.1, 0.15) is 6.04 Å². The third-order valence-electron chi connectivity index (χ3n) is 5.44. The zero-order chi connectivity index (χ0) is 20.8. The summed E-state index contributed by atoms with van der Waals surface area (Å²) in [6.07, 6.45) is 2.41. The van der Waals surface area contributed by atoms with E-state index in [4.69, 9.17) is 0 Å². The molecular weight excluding hydrogens is 382 g/mol. The van der Waals surface area contributed by atoms with Crippen molar-refractivity contribution in [3.8, 4) is 0 Å². The van der Waals surface area contributed by atoms with Gasteiger partial charge in [0.05, 0.1) is 6.04 Å². The Morgan fingerprint density at radius 3 is 2.52 bits per heavy atom. The Kier molecular flexibility index (Phi) is 7.45. The number of hydrogen-bond donors (Lipinski definition) is 2. The Hall–Kier alpha value is -2.18. The first-order valence-electron chi connectivity index (χ1n) is 10.4. The Morgan fingerprint density at radius 1 is 1.14 bits per heavy atom. The first kappa shape index (κ1) is 21.5. The summed E-state index contributed by atoms with van der Waals surface area (Å²) in [6, 6.07) is 11.3. The van der Waals surface area contributed by atoms with E-state index < -0.39 is 6.04 Å². The number of nitrogens with zero attached hydrogens (tertiary/aromatic N) is 1. The number of hydrogen-bond acceptors (Lipinski definition) is 4. The summed E-state index contributed by atoms with van der Waals surface area (Å²) in [5.41, 5.74) is 1.60. The number of benzene rings is 1. The summed E-state index contributed by atoms with van der Waals surface area (Å²) < 4.78 is 0. The quantitative estimate of drug-likeness (QED) is 0.693. The summed E-state index contributed by atoms with van der Waals surface area (Å²) in [4.78, 5) is 29.3. The number of carbonyl (C=O) groups excluding carboxylic acids is 2. The van der Waals surface area contributed by atoms with E-state index in [0.717, 1.165) is 18.7 Å².